The minimum atomic E-state index is -0.384. The van der Waals surface area contributed by atoms with Gasteiger partial charge < -0.3 is 9.64 Å². The Morgan fingerprint density at radius 2 is 1.80 bits per heavy atom. The third-order valence-corrected chi connectivity index (χ3v) is 3.21. The van der Waals surface area contributed by atoms with E-state index in [0.29, 0.717) is 12.1 Å². The van der Waals surface area contributed by atoms with Crippen LogP contribution in [-0.2, 0) is 4.74 Å². The Balaban J connectivity index is 1.88. The number of hydrogen-bond acceptors (Lipinski definition) is 3. The lowest BCUT2D eigenvalue weighted by molar-refractivity contribution is -0.0586. The van der Waals surface area contributed by atoms with Crippen molar-refractivity contribution in [1.29, 1.82) is 0 Å². The lowest BCUT2D eigenvalue weighted by Crippen LogP contribution is -2.68. The van der Waals surface area contributed by atoms with Gasteiger partial charge in [0.1, 0.15) is 5.60 Å². The second kappa shape index (κ2) is 3.37. The van der Waals surface area contributed by atoms with Crippen molar-refractivity contribution in [2.75, 3.05) is 20.1 Å². The molecular formula is C11H20N2O2. The number of ether oxygens (including phenoxy) is 1. The number of piperazine rings is 1. The Bertz CT molecular complexity index is 260. The van der Waals surface area contributed by atoms with E-state index in [0.717, 1.165) is 13.1 Å². The maximum Gasteiger partial charge on any atom is 0.410 e. The summed E-state index contributed by atoms with van der Waals surface area (Å²) in [6, 6.07) is 1.10. The predicted molar refractivity (Wildman–Crippen MR) is 57.8 cm³/mol. The highest BCUT2D eigenvalue weighted by atomic mass is 16.6. The summed E-state index contributed by atoms with van der Waals surface area (Å²) in [5.41, 5.74) is -0.384. The Morgan fingerprint density at radius 3 is 2.20 bits per heavy atom. The maximum absolute atomic E-state index is 11.8. The number of amides is 1. The van der Waals surface area contributed by atoms with Crippen LogP contribution in [0.3, 0.4) is 0 Å². The highest BCUT2D eigenvalue weighted by Gasteiger charge is 2.44. The van der Waals surface area contributed by atoms with Gasteiger partial charge in [0, 0.05) is 25.2 Å². The third-order valence-electron chi connectivity index (χ3n) is 3.21. The van der Waals surface area contributed by atoms with E-state index >= 15 is 0 Å². The number of hydrogen-bond donors (Lipinski definition) is 0. The molecule has 3 aliphatic rings. The van der Waals surface area contributed by atoms with Crippen LogP contribution in [0.15, 0.2) is 0 Å². The second-order valence-electron chi connectivity index (χ2n) is 5.59. The molecule has 2 unspecified atom stereocenters. The molecule has 2 bridgehead atoms. The molecule has 0 spiro atoms. The van der Waals surface area contributed by atoms with Crippen LogP contribution in [-0.4, -0.2) is 53.7 Å². The second-order valence-corrected chi connectivity index (χ2v) is 5.59. The number of nitrogens with zero attached hydrogens (tertiary/aromatic N) is 2. The fraction of sp³-hybridized carbons (Fsp3) is 0.909. The van der Waals surface area contributed by atoms with Gasteiger partial charge in [0.15, 0.2) is 0 Å². The Morgan fingerprint density at radius 1 is 1.27 bits per heavy atom. The van der Waals surface area contributed by atoms with E-state index in [4.69, 9.17) is 4.74 Å². The van der Waals surface area contributed by atoms with Gasteiger partial charge in [-0.25, -0.2) is 4.79 Å². The van der Waals surface area contributed by atoms with E-state index < -0.39 is 0 Å². The van der Waals surface area contributed by atoms with Crippen LogP contribution in [0.1, 0.15) is 27.2 Å². The molecular weight excluding hydrogens is 192 g/mol. The molecule has 2 atom stereocenters. The zero-order valence-corrected chi connectivity index (χ0v) is 9.99. The lowest BCUT2D eigenvalue weighted by Gasteiger charge is -2.54. The van der Waals surface area contributed by atoms with E-state index in [2.05, 4.69) is 11.9 Å². The molecule has 0 aromatic rings. The van der Waals surface area contributed by atoms with Gasteiger partial charge in [-0.1, -0.05) is 0 Å². The smallest absolute Gasteiger partial charge is 0.410 e. The van der Waals surface area contributed by atoms with Gasteiger partial charge >= 0.3 is 6.09 Å². The van der Waals surface area contributed by atoms with Crippen molar-refractivity contribution < 1.29 is 9.53 Å². The fourth-order valence-corrected chi connectivity index (χ4v) is 2.27. The number of likely N-dealkylation sites (N-methyl/N-ethyl adjacent to an activating group) is 1. The molecule has 0 aliphatic carbocycles. The van der Waals surface area contributed by atoms with Gasteiger partial charge in [-0.3, -0.25) is 4.90 Å². The molecule has 4 heteroatoms. The summed E-state index contributed by atoms with van der Waals surface area (Å²) in [6.45, 7) is 7.36. The van der Waals surface area contributed by atoms with Crippen molar-refractivity contribution in [2.24, 2.45) is 0 Å². The van der Waals surface area contributed by atoms with Gasteiger partial charge in [-0.2, -0.15) is 0 Å². The molecule has 0 radical (unpaired) electrons. The normalized spacial score (nSPS) is 31.1. The van der Waals surface area contributed by atoms with Crippen LogP contribution in [0.25, 0.3) is 0 Å². The highest BCUT2D eigenvalue weighted by molar-refractivity contribution is 5.68. The van der Waals surface area contributed by atoms with Crippen LogP contribution < -0.4 is 0 Å². The quantitative estimate of drug-likeness (QED) is 0.607. The fourth-order valence-electron chi connectivity index (χ4n) is 2.27. The third kappa shape index (κ3) is 2.09. The minimum Gasteiger partial charge on any atom is -0.444 e. The van der Waals surface area contributed by atoms with Crippen LogP contribution in [0, 0.1) is 0 Å². The summed E-state index contributed by atoms with van der Waals surface area (Å²) in [5, 5.41) is 0. The van der Waals surface area contributed by atoms with Crippen LogP contribution in [0.2, 0.25) is 0 Å². The monoisotopic (exact) mass is 212 g/mol. The zero-order valence-electron chi connectivity index (χ0n) is 9.99. The largest absolute Gasteiger partial charge is 0.444 e. The molecule has 3 rings (SSSR count). The average molecular weight is 212 g/mol. The molecule has 0 aromatic carbocycles. The molecule has 0 saturated carbocycles. The number of rotatable bonds is 0. The first kappa shape index (κ1) is 10.7. The summed E-state index contributed by atoms with van der Waals surface area (Å²) >= 11 is 0. The molecule has 3 saturated heterocycles. The molecule has 0 aromatic heterocycles. The molecule has 4 nitrogen and oxygen atoms in total. The Hall–Kier alpha value is -0.770. The topological polar surface area (TPSA) is 32.8 Å². The molecule has 3 fully saturated rings. The van der Waals surface area contributed by atoms with E-state index in [-0.39, 0.29) is 11.7 Å². The van der Waals surface area contributed by atoms with Crippen molar-refractivity contribution in [3.8, 4) is 0 Å². The van der Waals surface area contributed by atoms with Crippen molar-refractivity contribution in [3.63, 3.8) is 0 Å². The first-order valence-corrected chi connectivity index (χ1v) is 5.57. The summed E-state index contributed by atoms with van der Waals surface area (Å²) < 4.78 is 5.35. The molecule has 0 N–H and O–H groups in total. The number of carbonyl (C=O) groups is 1. The molecule has 15 heavy (non-hydrogen) atoms. The average Bonchev–Trinajstić information content (AvgIpc) is 2.14. The first-order valence-electron chi connectivity index (χ1n) is 5.57. The molecule has 86 valence electrons. The first-order chi connectivity index (χ1) is 6.87. The Kier molecular flexibility index (Phi) is 2.41. The highest BCUT2D eigenvalue weighted by Crippen LogP contribution is 2.30. The van der Waals surface area contributed by atoms with Crippen LogP contribution >= 0.6 is 0 Å². The van der Waals surface area contributed by atoms with Gasteiger partial charge in [-0.05, 0) is 34.2 Å². The van der Waals surface area contributed by atoms with Crippen molar-refractivity contribution in [1.82, 2.24) is 9.80 Å². The van der Waals surface area contributed by atoms with Crippen LogP contribution in [0.5, 0.6) is 0 Å². The zero-order chi connectivity index (χ0) is 11.2. The van der Waals surface area contributed by atoms with Gasteiger partial charge in [-0.15, -0.1) is 0 Å². The lowest BCUT2D eigenvalue weighted by atomic mass is 9.89. The van der Waals surface area contributed by atoms with Crippen LogP contribution in [0.4, 0.5) is 4.79 Å². The SMILES string of the molecule is CN1C2CC1CN(C(=O)OC(C)(C)C)C2. The predicted octanol–water partition coefficient (Wildman–Crippen LogP) is 1.31. The van der Waals surface area contributed by atoms with Gasteiger partial charge in [0.2, 0.25) is 0 Å². The summed E-state index contributed by atoms with van der Waals surface area (Å²) in [4.78, 5) is 16.0. The van der Waals surface area contributed by atoms with Crippen molar-refractivity contribution in [3.05, 3.63) is 0 Å². The number of carbonyl (C=O) groups excluding carboxylic acids is 1. The van der Waals surface area contributed by atoms with E-state index in [9.17, 15) is 4.79 Å². The summed E-state index contributed by atoms with van der Waals surface area (Å²) in [5.74, 6) is 0. The maximum atomic E-state index is 11.8. The van der Waals surface area contributed by atoms with Crippen molar-refractivity contribution in [2.45, 2.75) is 44.9 Å². The number of fused-ring (bicyclic) bond motifs is 2. The summed E-state index contributed by atoms with van der Waals surface area (Å²) in [6.07, 6.45) is 1.07. The van der Waals surface area contributed by atoms with Gasteiger partial charge in [0.05, 0.1) is 0 Å². The van der Waals surface area contributed by atoms with E-state index in [1.54, 1.807) is 0 Å². The van der Waals surface area contributed by atoms with Crippen molar-refractivity contribution >= 4 is 6.09 Å². The molecule has 3 heterocycles. The molecule has 3 aliphatic heterocycles. The Labute approximate surface area is 91.2 Å². The standard InChI is InChI=1S/C11H20N2O2/c1-11(2,3)15-10(14)13-6-8-5-9(7-13)12(8)4/h8-9H,5-7H2,1-4H3. The summed E-state index contributed by atoms with van der Waals surface area (Å²) in [7, 11) is 2.13. The van der Waals surface area contributed by atoms with Gasteiger partial charge in [0.25, 0.3) is 0 Å². The van der Waals surface area contributed by atoms with E-state index in [1.165, 1.54) is 6.42 Å². The molecule has 1 amide bonds. The minimum absolute atomic E-state index is 0.162. The number of piperidine rings is 1. The van der Waals surface area contributed by atoms with E-state index in [1.807, 2.05) is 25.7 Å².